The Kier molecular flexibility index (Phi) is 4.24. The Balaban J connectivity index is 2.48. The van der Waals surface area contributed by atoms with Gasteiger partial charge in [-0.1, -0.05) is 6.92 Å². The minimum absolute atomic E-state index is 0.0657. The van der Waals surface area contributed by atoms with Crippen LogP contribution in [0.15, 0.2) is 5.38 Å². The number of nitrogens with one attached hydrogen (secondary N) is 1. The van der Waals surface area contributed by atoms with E-state index in [1.165, 1.54) is 18.3 Å². The third kappa shape index (κ3) is 3.78. The van der Waals surface area contributed by atoms with Crippen molar-refractivity contribution in [2.24, 2.45) is 0 Å². The fourth-order valence-corrected chi connectivity index (χ4v) is 2.21. The highest BCUT2D eigenvalue weighted by Crippen LogP contribution is 2.18. The van der Waals surface area contributed by atoms with Gasteiger partial charge in [-0.2, -0.15) is 11.8 Å². The fraction of sp³-hybridized carbons (Fsp3) is 0.500. The third-order valence-electron chi connectivity index (χ3n) is 1.29. The van der Waals surface area contributed by atoms with Crippen molar-refractivity contribution in [2.75, 3.05) is 11.1 Å². The highest BCUT2D eigenvalue weighted by Gasteiger charge is 2.02. The molecule has 0 radical (unpaired) electrons. The molecule has 1 amide bonds. The first-order valence-electron chi connectivity index (χ1n) is 4.02. The Hall–Kier alpha value is -0.550. The number of carbonyl (C=O) groups is 1. The second kappa shape index (κ2) is 5.24. The highest BCUT2D eigenvalue weighted by atomic mass is 32.2. The molecule has 0 fully saturated rings. The maximum atomic E-state index is 10.7. The van der Waals surface area contributed by atoms with Crippen LogP contribution in [0.5, 0.6) is 0 Å². The molecule has 0 unspecified atom stereocenters. The molecule has 0 aliphatic rings. The van der Waals surface area contributed by atoms with E-state index in [1.807, 2.05) is 17.1 Å². The Bertz CT molecular complexity index is 285. The van der Waals surface area contributed by atoms with Crippen LogP contribution in [0.1, 0.15) is 19.5 Å². The van der Waals surface area contributed by atoms with E-state index in [0.717, 1.165) is 17.2 Å². The quantitative estimate of drug-likeness (QED) is 0.840. The fourth-order valence-electron chi connectivity index (χ4n) is 0.788. The molecule has 0 spiro atoms. The van der Waals surface area contributed by atoms with Gasteiger partial charge in [0, 0.05) is 18.1 Å². The van der Waals surface area contributed by atoms with Gasteiger partial charge in [0.05, 0.1) is 5.69 Å². The molecule has 0 aliphatic carbocycles. The van der Waals surface area contributed by atoms with Gasteiger partial charge in [-0.15, -0.1) is 11.3 Å². The second-order valence-corrected chi connectivity index (χ2v) is 4.59. The number of rotatable bonds is 4. The number of thioether (sulfide) groups is 1. The summed E-state index contributed by atoms with van der Waals surface area (Å²) >= 11 is 3.30. The summed E-state index contributed by atoms with van der Waals surface area (Å²) in [7, 11) is 0. The Morgan fingerprint density at radius 3 is 3.15 bits per heavy atom. The Morgan fingerprint density at radius 1 is 1.77 bits per heavy atom. The van der Waals surface area contributed by atoms with Crippen molar-refractivity contribution in [3.63, 3.8) is 0 Å². The molecule has 1 rings (SSSR count). The molecule has 0 aliphatic heterocycles. The van der Waals surface area contributed by atoms with Crippen LogP contribution in [0, 0.1) is 0 Å². The van der Waals surface area contributed by atoms with Crippen molar-refractivity contribution < 1.29 is 4.79 Å². The van der Waals surface area contributed by atoms with Crippen molar-refractivity contribution in [1.29, 1.82) is 0 Å². The maximum absolute atomic E-state index is 10.7. The number of nitrogens with zero attached hydrogens (tertiary/aromatic N) is 1. The van der Waals surface area contributed by atoms with E-state index in [0.29, 0.717) is 5.13 Å². The zero-order valence-electron chi connectivity index (χ0n) is 7.66. The molecule has 0 atom stereocenters. The van der Waals surface area contributed by atoms with Crippen molar-refractivity contribution in [3.05, 3.63) is 11.1 Å². The highest BCUT2D eigenvalue weighted by molar-refractivity contribution is 7.98. The lowest BCUT2D eigenvalue weighted by molar-refractivity contribution is -0.114. The predicted molar refractivity (Wildman–Crippen MR) is 58.3 cm³/mol. The van der Waals surface area contributed by atoms with Gasteiger partial charge in [-0.05, 0) is 5.75 Å². The molecule has 0 bridgehead atoms. The zero-order valence-corrected chi connectivity index (χ0v) is 9.30. The average molecular weight is 216 g/mol. The number of thiazole rings is 1. The molecule has 72 valence electrons. The van der Waals surface area contributed by atoms with Gasteiger partial charge in [-0.25, -0.2) is 4.98 Å². The smallest absolute Gasteiger partial charge is 0.223 e. The first kappa shape index (κ1) is 10.5. The van der Waals surface area contributed by atoms with Gasteiger partial charge >= 0.3 is 0 Å². The Labute approximate surface area is 86.0 Å². The van der Waals surface area contributed by atoms with E-state index >= 15 is 0 Å². The van der Waals surface area contributed by atoms with Crippen LogP contribution in [-0.4, -0.2) is 16.6 Å². The largest absolute Gasteiger partial charge is 0.302 e. The van der Waals surface area contributed by atoms with E-state index < -0.39 is 0 Å². The van der Waals surface area contributed by atoms with E-state index in [1.54, 1.807) is 0 Å². The molecule has 0 saturated heterocycles. The van der Waals surface area contributed by atoms with Crippen LogP contribution in [0.2, 0.25) is 0 Å². The predicted octanol–water partition coefficient (Wildman–Crippen LogP) is 2.35. The van der Waals surface area contributed by atoms with Crippen molar-refractivity contribution in [3.8, 4) is 0 Å². The minimum atomic E-state index is -0.0657. The standard InChI is InChI=1S/C8H12N2OS2/c1-3-12-4-7-5-13-8(10-7)9-6(2)11/h5H,3-4H2,1-2H3,(H,9,10,11). The number of aromatic nitrogens is 1. The summed E-state index contributed by atoms with van der Waals surface area (Å²) in [6.07, 6.45) is 0. The SMILES string of the molecule is CCSCc1csc(NC(C)=O)n1. The van der Waals surface area contributed by atoms with Crippen LogP contribution in [-0.2, 0) is 10.5 Å². The van der Waals surface area contributed by atoms with Crippen molar-refractivity contribution in [2.45, 2.75) is 19.6 Å². The number of amides is 1. The molecule has 13 heavy (non-hydrogen) atoms. The number of hydrogen-bond acceptors (Lipinski definition) is 4. The zero-order chi connectivity index (χ0) is 9.68. The van der Waals surface area contributed by atoms with Gasteiger partial charge < -0.3 is 5.32 Å². The van der Waals surface area contributed by atoms with Gasteiger partial charge in [0.25, 0.3) is 0 Å². The lowest BCUT2D eigenvalue weighted by atomic mass is 10.6. The first-order chi connectivity index (χ1) is 6.22. The molecule has 0 aromatic carbocycles. The van der Waals surface area contributed by atoms with Crippen molar-refractivity contribution >= 4 is 34.1 Å². The van der Waals surface area contributed by atoms with Gasteiger partial charge in [-0.3, -0.25) is 4.79 Å². The topological polar surface area (TPSA) is 42.0 Å². The van der Waals surface area contributed by atoms with Crippen LogP contribution >= 0.6 is 23.1 Å². The van der Waals surface area contributed by atoms with E-state index in [9.17, 15) is 4.79 Å². The molecule has 3 nitrogen and oxygen atoms in total. The number of anilines is 1. The normalized spacial score (nSPS) is 10.0. The van der Waals surface area contributed by atoms with Crippen molar-refractivity contribution in [1.82, 2.24) is 4.98 Å². The summed E-state index contributed by atoms with van der Waals surface area (Å²) in [6, 6.07) is 0. The lowest BCUT2D eigenvalue weighted by Crippen LogP contribution is -2.05. The van der Waals surface area contributed by atoms with E-state index in [-0.39, 0.29) is 5.91 Å². The molecule has 1 N–H and O–H groups in total. The monoisotopic (exact) mass is 216 g/mol. The lowest BCUT2D eigenvalue weighted by Gasteiger charge is -1.94. The Morgan fingerprint density at radius 2 is 2.54 bits per heavy atom. The van der Waals surface area contributed by atoms with E-state index in [4.69, 9.17) is 0 Å². The number of carbonyl (C=O) groups excluding carboxylic acids is 1. The summed E-state index contributed by atoms with van der Waals surface area (Å²) < 4.78 is 0. The van der Waals surface area contributed by atoms with Gasteiger partial charge in [0.1, 0.15) is 0 Å². The van der Waals surface area contributed by atoms with Gasteiger partial charge in [0.15, 0.2) is 5.13 Å². The summed E-state index contributed by atoms with van der Waals surface area (Å²) in [5.41, 5.74) is 1.04. The first-order valence-corrected chi connectivity index (χ1v) is 6.05. The molecule has 1 aromatic rings. The molecule has 5 heteroatoms. The molecular weight excluding hydrogens is 204 g/mol. The van der Waals surface area contributed by atoms with Gasteiger partial charge in [0.2, 0.25) is 5.91 Å². The van der Waals surface area contributed by atoms with Crippen LogP contribution in [0.3, 0.4) is 0 Å². The maximum Gasteiger partial charge on any atom is 0.223 e. The van der Waals surface area contributed by atoms with E-state index in [2.05, 4.69) is 17.2 Å². The molecule has 1 aromatic heterocycles. The number of hydrogen-bond donors (Lipinski definition) is 1. The van der Waals surface area contributed by atoms with Crippen LogP contribution in [0.4, 0.5) is 5.13 Å². The summed E-state index contributed by atoms with van der Waals surface area (Å²) in [4.78, 5) is 14.9. The summed E-state index contributed by atoms with van der Waals surface area (Å²) in [5.74, 6) is 1.95. The molecule has 1 heterocycles. The average Bonchev–Trinajstić information content (AvgIpc) is 2.48. The second-order valence-electron chi connectivity index (χ2n) is 2.46. The third-order valence-corrected chi connectivity index (χ3v) is 3.00. The van der Waals surface area contributed by atoms with Crippen LogP contribution < -0.4 is 5.32 Å². The minimum Gasteiger partial charge on any atom is -0.302 e. The summed E-state index contributed by atoms with van der Waals surface area (Å²) in [6.45, 7) is 3.60. The molecular formula is C8H12N2OS2. The van der Waals surface area contributed by atoms with Crippen LogP contribution in [0.25, 0.3) is 0 Å². The molecule has 0 saturated carbocycles. The summed E-state index contributed by atoms with van der Waals surface area (Å²) in [5, 5.41) is 5.33.